The summed E-state index contributed by atoms with van der Waals surface area (Å²) in [6.45, 7) is 4.31. The van der Waals surface area contributed by atoms with Crippen molar-refractivity contribution in [3.05, 3.63) is 54.1 Å². The zero-order chi connectivity index (χ0) is 15.6. The summed E-state index contributed by atoms with van der Waals surface area (Å²) >= 11 is 0. The second-order valence-corrected chi connectivity index (χ2v) is 6.31. The number of benzene rings is 2. The topological polar surface area (TPSA) is 29.0 Å². The standard InChI is InChI=1S/C20H21N3/c1-15-10-11-18-17(14-15)20(23-12-6-3-7-13-23)22-19(21-18)16-8-4-2-5-9-16/h2,4-5,8-11,14H,3,6-7,12-13H2,1H3. The van der Waals surface area contributed by atoms with Crippen LogP contribution in [0.15, 0.2) is 48.5 Å². The van der Waals surface area contributed by atoms with E-state index in [1.165, 1.54) is 30.2 Å². The maximum Gasteiger partial charge on any atom is 0.162 e. The van der Waals surface area contributed by atoms with Gasteiger partial charge in [0.2, 0.25) is 0 Å². The highest BCUT2D eigenvalue weighted by Gasteiger charge is 2.17. The van der Waals surface area contributed by atoms with Gasteiger partial charge in [0.15, 0.2) is 5.82 Å². The quantitative estimate of drug-likeness (QED) is 0.693. The number of aryl methyl sites for hydroxylation is 1. The van der Waals surface area contributed by atoms with Gasteiger partial charge in [0.1, 0.15) is 5.82 Å². The molecule has 0 radical (unpaired) electrons. The zero-order valence-corrected chi connectivity index (χ0v) is 13.5. The van der Waals surface area contributed by atoms with Crippen LogP contribution in [0.2, 0.25) is 0 Å². The van der Waals surface area contributed by atoms with Crippen molar-refractivity contribution in [2.75, 3.05) is 18.0 Å². The van der Waals surface area contributed by atoms with Crippen molar-refractivity contribution in [2.45, 2.75) is 26.2 Å². The Labute approximate surface area is 137 Å². The number of nitrogens with zero attached hydrogens (tertiary/aromatic N) is 3. The molecule has 0 amide bonds. The average Bonchev–Trinajstić information content (AvgIpc) is 2.62. The molecule has 0 saturated carbocycles. The summed E-state index contributed by atoms with van der Waals surface area (Å²) in [6, 6.07) is 16.7. The Morgan fingerprint density at radius 2 is 1.65 bits per heavy atom. The van der Waals surface area contributed by atoms with E-state index < -0.39 is 0 Å². The third-order valence-electron chi connectivity index (χ3n) is 4.52. The molecular formula is C20H21N3. The first-order valence-corrected chi connectivity index (χ1v) is 8.40. The van der Waals surface area contributed by atoms with Gasteiger partial charge in [0.25, 0.3) is 0 Å². The minimum Gasteiger partial charge on any atom is -0.356 e. The van der Waals surface area contributed by atoms with Crippen molar-refractivity contribution >= 4 is 16.7 Å². The average molecular weight is 303 g/mol. The molecule has 0 aliphatic carbocycles. The molecule has 2 aromatic carbocycles. The Morgan fingerprint density at radius 3 is 2.43 bits per heavy atom. The Kier molecular flexibility index (Phi) is 3.70. The highest BCUT2D eigenvalue weighted by molar-refractivity contribution is 5.91. The van der Waals surface area contributed by atoms with Crippen LogP contribution < -0.4 is 4.90 Å². The normalized spacial score (nSPS) is 15.1. The lowest BCUT2D eigenvalue weighted by Crippen LogP contribution is -2.30. The number of hydrogen-bond acceptors (Lipinski definition) is 3. The number of aromatic nitrogens is 2. The molecule has 0 unspecified atom stereocenters. The number of fused-ring (bicyclic) bond motifs is 1. The second kappa shape index (κ2) is 5.99. The first kappa shape index (κ1) is 14.2. The lowest BCUT2D eigenvalue weighted by Gasteiger charge is -2.29. The van der Waals surface area contributed by atoms with Gasteiger partial charge in [-0.3, -0.25) is 0 Å². The Bertz CT molecular complexity index is 821. The van der Waals surface area contributed by atoms with Gasteiger partial charge in [-0.2, -0.15) is 0 Å². The number of anilines is 1. The first-order valence-electron chi connectivity index (χ1n) is 8.40. The highest BCUT2D eigenvalue weighted by Crippen LogP contribution is 2.30. The Hall–Kier alpha value is -2.42. The fraction of sp³-hybridized carbons (Fsp3) is 0.300. The molecule has 3 aromatic rings. The maximum absolute atomic E-state index is 4.95. The van der Waals surface area contributed by atoms with Gasteiger partial charge in [0.05, 0.1) is 5.52 Å². The molecule has 1 aromatic heterocycles. The monoisotopic (exact) mass is 303 g/mol. The van der Waals surface area contributed by atoms with Crippen LogP contribution in [0.1, 0.15) is 24.8 Å². The smallest absolute Gasteiger partial charge is 0.162 e. The van der Waals surface area contributed by atoms with E-state index in [-0.39, 0.29) is 0 Å². The van der Waals surface area contributed by atoms with Crippen LogP contribution in [0.3, 0.4) is 0 Å². The Balaban J connectivity index is 1.91. The number of piperidine rings is 1. The molecule has 116 valence electrons. The zero-order valence-electron chi connectivity index (χ0n) is 13.5. The third kappa shape index (κ3) is 2.79. The van der Waals surface area contributed by atoms with E-state index in [0.29, 0.717) is 0 Å². The van der Waals surface area contributed by atoms with Crippen LogP contribution in [-0.2, 0) is 0 Å². The van der Waals surface area contributed by atoms with Gasteiger partial charge in [-0.05, 0) is 38.3 Å². The van der Waals surface area contributed by atoms with Crippen LogP contribution in [0, 0.1) is 6.92 Å². The maximum atomic E-state index is 4.95. The summed E-state index contributed by atoms with van der Waals surface area (Å²) in [5, 5.41) is 1.17. The number of rotatable bonds is 2. The first-order chi connectivity index (χ1) is 11.3. The van der Waals surface area contributed by atoms with Gasteiger partial charge < -0.3 is 4.90 Å². The van der Waals surface area contributed by atoms with Gasteiger partial charge in [-0.15, -0.1) is 0 Å². The lowest BCUT2D eigenvalue weighted by atomic mass is 10.1. The summed E-state index contributed by atoms with van der Waals surface area (Å²) in [5.41, 5.74) is 3.37. The van der Waals surface area contributed by atoms with Crippen LogP contribution in [0.25, 0.3) is 22.3 Å². The van der Waals surface area contributed by atoms with E-state index in [9.17, 15) is 0 Å². The molecule has 1 aliphatic rings. The van der Waals surface area contributed by atoms with Crippen LogP contribution in [-0.4, -0.2) is 23.1 Å². The second-order valence-electron chi connectivity index (χ2n) is 6.31. The van der Waals surface area contributed by atoms with Gasteiger partial charge in [-0.25, -0.2) is 9.97 Å². The van der Waals surface area contributed by atoms with E-state index in [1.54, 1.807) is 0 Å². The predicted molar refractivity (Wildman–Crippen MR) is 95.8 cm³/mol. The molecule has 1 saturated heterocycles. The van der Waals surface area contributed by atoms with Gasteiger partial charge in [-0.1, -0.05) is 42.0 Å². The van der Waals surface area contributed by atoms with E-state index in [4.69, 9.17) is 9.97 Å². The fourth-order valence-electron chi connectivity index (χ4n) is 3.29. The molecule has 23 heavy (non-hydrogen) atoms. The molecule has 4 rings (SSSR count). The number of hydrogen-bond donors (Lipinski definition) is 0. The van der Waals surface area contributed by atoms with Crippen LogP contribution in [0.4, 0.5) is 5.82 Å². The van der Waals surface area contributed by atoms with Crippen molar-refractivity contribution in [1.29, 1.82) is 0 Å². The van der Waals surface area contributed by atoms with E-state index in [1.807, 2.05) is 18.2 Å². The molecule has 1 fully saturated rings. The molecule has 2 heterocycles. The van der Waals surface area contributed by atoms with E-state index in [0.717, 1.165) is 35.8 Å². The molecule has 3 nitrogen and oxygen atoms in total. The van der Waals surface area contributed by atoms with Crippen LogP contribution >= 0.6 is 0 Å². The summed E-state index contributed by atoms with van der Waals surface area (Å²) in [6.07, 6.45) is 3.82. The van der Waals surface area contributed by atoms with Crippen LogP contribution in [0.5, 0.6) is 0 Å². The van der Waals surface area contributed by atoms with Gasteiger partial charge in [0, 0.05) is 24.0 Å². The van der Waals surface area contributed by atoms with Crippen molar-refractivity contribution < 1.29 is 0 Å². The summed E-state index contributed by atoms with van der Waals surface area (Å²) < 4.78 is 0. The summed E-state index contributed by atoms with van der Waals surface area (Å²) in [7, 11) is 0. The van der Waals surface area contributed by atoms with Crippen molar-refractivity contribution in [2.24, 2.45) is 0 Å². The van der Waals surface area contributed by atoms with E-state index in [2.05, 4.69) is 42.2 Å². The highest BCUT2D eigenvalue weighted by atomic mass is 15.2. The SMILES string of the molecule is Cc1ccc2nc(-c3ccccc3)nc(N3CCCCC3)c2c1. The summed E-state index contributed by atoms with van der Waals surface area (Å²) in [5.74, 6) is 1.92. The minimum absolute atomic E-state index is 0.822. The van der Waals surface area contributed by atoms with E-state index >= 15 is 0 Å². The molecule has 0 spiro atoms. The lowest BCUT2D eigenvalue weighted by molar-refractivity contribution is 0.575. The van der Waals surface area contributed by atoms with Crippen molar-refractivity contribution in [1.82, 2.24) is 9.97 Å². The molecule has 0 N–H and O–H groups in total. The van der Waals surface area contributed by atoms with Gasteiger partial charge >= 0.3 is 0 Å². The third-order valence-corrected chi connectivity index (χ3v) is 4.52. The molecule has 0 atom stereocenters. The summed E-state index contributed by atoms with van der Waals surface area (Å²) in [4.78, 5) is 12.2. The largest absolute Gasteiger partial charge is 0.356 e. The molecule has 0 bridgehead atoms. The fourth-order valence-corrected chi connectivity index (χ4v) is 3.29. The Morgan fingerprint density at radius 1 is 0.870 bits per heavy atom. The van der Waals surface area contributed by atoms with Crippen molar-refractivity contribution in [3.8, 4) is 11.4 Å². The molecule has 3 heteroatoms. The van der Waals surface area contributed by atoms with Crippen molar-refractivity contribution in [3.63, 3.8) is 0 Å². The predicted octanol–water partition coefficient (Wildman–Crippen LogP) is 4.60. The molecule has 1 aliphatic heterocycles. The minimum atomic E-state index is 0.822. The molecular weight excluding hydrogens is 282 g/mol.